The first-order chi connectivity index (χ1) is 24.6. The molecule has 3 N–H and O–H groups in total. The highest BCUT2D eigenvalue weighted by Crippen LogP contribution is 2.47. The summed E-state index contributed by atoms with van der Waals surface area (Å²) < 4.78 is 33.6. The second kappa shape index (κ2) is 15.3. The van der Waals surface area contributed by atoms with Gasteiger partial charge in [0.15, 0.2) is 0 Å². The Morgan fingerprint density at radius 2 is 1.73 bits per heavy atom. The number of nitrogens with zero attached hydrogens (tertiary/aromatic N) is 2. The van der Waals surface area contributed by atoms with Crippen molar-refractivity contribution in [2.24, 2.45) is 0 Å². The highest BCUT2D eigenvalue weighted by Gasteiger charge is 2.43. The standard InChI is InChI=1S/C41H54N4O5S/c1-3-28-17-18-39-32(22-28)36(26-41(50-39)19-9-10-20-41)42-27-38(46)35(23-29-12-5-4-6-13-29)44-40(47)31-24-33(30-14-7-8-15-30)43-34(25-31)37-16-11-21-45(37)51(2,48)49/h4-6,12-13,17-18,22,24-25,30,35-38,42,46H,3,7-11,14-16,19-21,23,26-27H2,1-2H3,(H,44,47)/t35-,36-,37+,38-/m0/s1. The molecule has 3 heterocycles. The zero-order valence-electron chi connectivity index (χ0n) is 30.1. The third-order valence-corrected chi connectivity index (χ3v) is 13.1. The largest absolute Gasteiger partial charge is 0.487 e. The fourth-order valence-corrected chi connectivity index (χ4v) is 10.1. The van der Waals surface area contributed by atoms with Gasteiger partial charge in [0.05, 0.1) is 30.1 Å². The molecule has 4 aliphatic rings. The summed E-state index contributed by atoms with van der Waals surface area (Å²) in [5.41, 5.74) is 5.21. The van der Waals surface area contributed by atoms with Gasteiger partial charge in [-0.1, -0.05) is 62.2 Å². The third-order valence-electron chi connectivity index (χ3n) is 11.8. The number of carbonyl (C=O) groups is 1. The number of pyridine rings is 1. The molecule has 10 heteroatoms. The van der Waals surface area contributed by atoms with Crippen molar-refractivity contribution >= 4 is 15.9 Å². The molecule has 1 saturated heterocycles. The van der Waals surface area contributed by atoms with Crippen LogP contribution in [0.3, 0.4) is 0 Å². The molecular formula is C41H54N4O5S. The molecule has 51 heavy (non-hydrogen) atoms. The Balaban J connectivity index is 1.14. The summed E-state index contributed by atoms with van der Waals surface area (Å²) >= 11 is 0. The molecule has 3 fully saturated rings. The minimum atomic E-state index is -3.43. The smallest absolute Gasteiger partial charge is 0.251 e. The van der Waals surface area contributed by atoms with E-state index >= 15 is 0 Å². The highest BCUT2D eigenvalue weighted by molar-refractivity contribution is 7.88. The average molecular weight is 715 g/mol. The number of aryl methyl sites for hydroxylation is 1. The number of ether oxygens (including phenoxy) is 1. The number of benzene rings is 2. The molecular weight excluding hydrogens is 661 g/mol. The van der Waals surface area contributed by atoms with E-state index in [2.05, 4.69) is 35.8 Å². The molecule has 3 aromatic rings. The molecule has 2 aromatic carbocycles. The predicted molar refractivity (Wildman–Crippen MR) is 199 cm³/mol. The Labute approximate surface area is 303 Å². The van der Waals surface area contributed by atoms with E-state index in [1.54, 1.807) is 6.07 Å². The summed E-state index contributed by atoms with van der Waals surface area (Å²) in [6.45, 7) is 2.91. The Bertz CT molecular complexity index is 1790. The number of sulfonamides is 1. The van der Waals surface area contributed by atoms with Crippen molar-refractivity contribution in [1.29, 1.82) is 0 Å². The molecule has 1 aromatic heterocycles. The number of hydrogen-bond donors (Lipinski definition) is 3. The monoisotopic (exact) mass is 714 g/mol. The Morgan fingerprint density at radius 1 is 0.980 bits per heavy atom. The Kier molecular flexibility index (Phi) is 10.9. The maximum Gasteiger partial charge on any atom is 0.251 e. The normalized spacial score (nSPS) is 23.2. The van der Waals surface area contributed by atoms with Crippen molar-refractivity contribution in [3.8, 4) is 5.75 Å². The van der Waals surface area contributed by atoms with Crippen LogP contribution in [0, 0.1) is 0 Å². The number of aliphatic hydroxyl groups is 1. The van der Waals surface area contributed by atoms with Crippen LogP contribution in [0.4, 0.5) is 0 Å². The number of aromatic nitrogens is 1. The highest BCUT2D eigenvalue weighted by atomic mass is 32.2. The summed E-state index contributed by atoms with van der Waals surface area (Å²) in [5.74, 6) is 0.902. The van der Waals surface area contributed by atoms with Crippen LogP contribution < -0.4 is 15.4 Å². The van der Waals surface area contributed by atoms with E-state index in [4.69, 9.17) is 9.72 Å². The molecule has 1 spiro atoms. The quantitative estimate of drug-likeness (QED) is 0.195. The summed E-state index contributed by atoms with van der Waals surface area (Å²) in [5, 5.41) is 18.8. The number of carbonyl (C=O) groups excluding carboxylic acids is 1. The molecule has 9 nitrogen and oxygen atoms in total. The Hall–Kier alpha value is -3.31. The summed E-state index contributed by atoms with van der Waals surface area (Å²) in [4.78, 5) is 19.3. The van der Waals surface area contributed by atoms with Gasteiger partial charge >= 0.3 is 0 Å². The maximum atomic E-state index is 14.3. The lowest BCUT2D eigenvalue weighted by Crippen LogP contribution is -2.50. The lowest BCUT2D eigenvalue weighted by Gasteiger charge is -2.41. The zero-order valence-corrected chi connectivity index (χ0v) is 31.0. The van der Waals surface area contributed by atoms with Crippen LogP contribution in [-0.4, -0.2) is 65.8 Å². The average Bonchev–Trinajstić information content (AvgIpc) is 3.93. The van der Waals surface area contributed by atoms with E-state index in [1.165, 1.54) is 16.1 Å². The van der Waals surface area contributed by atoms with Gasteiger partial charge in [-0.3, -0.25) is 9.78 Å². The van der Waals surface area contributed by atoms with Gasteiger partial charge in [-0.25, -0.2) is 8.42 Å². The maximum absolute atomic E-state index is 14.3. The van der Waals surface area contributed by atoms with Crippen LogP contribution >= 0.6 is 0 Å². The number of aliphatic hydroxyl groups excluding tert-OH is 1. The number of rotatable bonds is 12. The van der Waals surface area contributed by atoms with Crippen LogP contribution in [0.25, 0.3) is 0 Å². The zero-order chi connectivity index (χ0) is 35.6. The van der Waals surface area contributed by atoms with Crippen molar-refractivity contribution in [3.63, 3.8) is 0 Å². The number of amides is 1. The molecule has 2 aliphatic heterocycles. The van der Waals surface area contributed by atoms with Crippen LogP contribution in [0.5, 0.6) is 5.75 Å². The van der Waals surface area contributed by atoms with E-state index in [0.29, 0.717) is 37.2 Å². The molecule has 274 valence electrons. The lowest BCUT2D eigenvalue weighted by molar-refractivity contribution is 0.0326. The van der Waals surface area contributed by atoms with Crippen LogP contribution in [-0.2, 0) is 22.9 Å². The van der Waals surface area contributed by atoms with E-state index in [-0.39, 0.29) is 29.5 Å². The first kappa shape index (κ1) is 36.1. The van der Waals surface area contributed by atoms with Crippen LogP contribution in [0.15, 0.2) is 60.7 Å². The van der Waals surface area contributed by atoms with Gasteiger partial charge in [-0.15, -0.1) is 0 Å². The second-order valence-electron chi connectivity index (χ2n) is 15.4. The summed E-state index contributed by atoms with van der Waals surface area (Å²) in [6.07, 6.45) is 12.7. The minimum Gasteiger partial charge on any atom is -0.487 e. The van der Waals surface area contributed by atoms with Gasteiger partial charge in [0, 0.05) is 48.3 Å². The molecule has 2 saturated carbocycles. The second-order valence-corrected chi connectivity index (χ2v) is 17.4. The van der Waals surface area contributed by atoms with Crippen molar-refractivity contribution < 1.29 is 23.1 Å². The van der Waals surface area contributed by atoms with Gasteiger partial charge < -0.3 is 20.5 Å². The van der Waals surface area contributed by atoms with E-state index in [0.717, 1.165) is 93.2 Å². The van der Waals surface area contributed by atoms with Crippen molar-refractivity contribution in [2.45, 2.75) is 126 Å². The third kappa shape index (κ3) is 8.19. The number of fused-ring (bicyclic) bond motifs is 1. The molecule has 4 atom stereocenters. The molecule has 0 unspecified atom stereocenters. The number of nitrogens with one attached hydrogen (secondary N) is 2. The van der Waals surface area contributed by atoms with E-state index in [9.17, 15) is 18.3 Å². The summed E-state index contributed by atoms with van der Waals surface area (Å²) in [7, 11) is -3.43. The van der Waals surface area contributed by atoms with Crippen molar-refractivity contribution in [1.82, 2.24) is 19.9 Å². The predicted octanol–water partition coefficient (Wildman–Crippen LogP) is 6.53. The fraction of sp³-hybridized carbons (Fsp3) is 0.561. The minimum absolute atomic E-state index is 0.0296. The molecule has 0 radical (unpaired) electrons. The molecule has 2 aliphatic carbocycles. The van der Waals surface area contributed by atoms with Gasteiger partial charge in [0.1, 0.15) is 11.4 Å². The van der Waals surface area contributed by atoms with E-state index in [1.807, 2.05) is 36.4 Å². The van der Waals surface area contributed by atoms with Gasteiger partial charge in [-0.2, -0.15) is 4.31 Å². The van der Waals surface area contributed by atoms with Crippen LogP contribution in [0.1, 0.15) is 134 Å². The first-order valence-electron chi connectivity index (χ1n) is 19.2. The molecule has 7 rings (SSSR count). The lowest BCUT2D eigenvalue weighted by atomic mass is 9.85. The van der Waals surface area contributed by atoms with Crippen molar-refractivity contribution in [2.75, 3.05) is 19.3 Å². The summed E-state index contributed by atoms with van der Waals surface area (Å²) in [6, 6.07) is 19.2. The number of hydrogen-bond acceptors (Lipinski definition) is 7. The molecule has 0 bridgehead atoms. The van der Waals surface area contributed by atoms with Crippen molar-refractivity contribution in [3.05, 3.63) is 94.3 Å². The molecule has 1 amide bonds. The fourth-order valence-electron chi connectivity index (χ4n) is 9.00. The van der Waals surface area contributed by atoms with Crippen LogP contribution in [0.2, 0.25) is 0 Å². The topological polar surface area (TPSA) is 121 Å². The van der Waals surface area contributed by atoms with E-state index < -0.39 is 22.2 Å². The van der Waals surface area contributed by atoms with Gasteiger partial charge in [0.2, 0.25) is 10.0 Å². The SMILES string of the molecule is CCc1ccc2c(c1)[C@@H](NC[C@H](O)[C@H](Cc1ccccc1)NC(=O)c1cc(C3CCCC3)nc([C@H]3CCCN3S(C)(=O)=O)c1)CC1(CCCC1)O2. The first-order valence-corrected chi connectivity index (χ1v) is 21.0. The van der Waals surface area contributed by atoms with Gasteiger partial charge in [0.25, 0.3) is 5.91 Å². The van der Waals surface area contributed by atoms with Gasteiger partial charge in [-0.05, 0) is 93.5 Å². The Morgan fingerprint density at radius 3 is 2.45 bits per heavy atom.